The molecule has 3 aromatic rings. The van der Waals surface area contributed by atoms with Crippen molar-refractivity contribution in [1.82, 2.24) is 0 Å². The van der Waals surface area contributed by atoms with Gasteiger partial charge < -0.3 is 15.6 Å². The smallest absolute Gasteiger partial charge is 0.139 e. The van der Waals surface area contributed by atoms with E-state index in [4.69, 9.17) is 15.5 Å². The van der Waals surface area contributed by atoms with Crippen LogP contribution in [0.5, 0.6) is 5.75 Å². The molecular weight excluding hydrogens is 435 g/mol. The van der Waals surface area contributed by atoms with Crippen molar-refractivity contribution in [2.24, 2.45) is 10.7 Å². The molecule has 4 rings (SSSR count). The van der Waals surface area contributed by atoms with Gasteiger partial charge in [0.05, 0.1) is 19.3 Å². The summed E-state index contributed by atoms with van der Waals surface area (Å²) in [5.41, 5.74) is 9.28. The summed E-state index contributed by atoms with van der Waals surface area (Å²) in [6.07, 6.45) is 0. The molecule has 0 bridgehead atoms. The largest absolute Gasteiger partial charge is 0.496 e. The Balaban J connectivity index is 2.12. The van der Waals surface area contributed by atoms with Crippen LogP contribution in [0.3, 0.4) is 0 Å². The maximum Gasteiger partial charge on any atom is 0.139 e. The van der Waals surface area contributed by atoms with E-state index in [1.165, 1.54) is 6.07 Å². The summed E-state index contributed by atoms with van der Waals surface area (Å²) in [7, 11) is 1.57. The van der Waals surface area contributed by atoms with Crippen LogP contribution >= 0.6 is 15.9 Å². The van der Waals surface area contributed by atoms with Gasteiger partial charge in [-0.25, -0.2) is 9.38 Å². The van der Waals surface area contributed by atoms with Crippen molar-refractivity contribution in [3.63, 3.8) is 0 Å². The first-order valence-electron chi connectivity index (χ1n) is 9.12. The van der Waals surface area contributed by atoms with Crippen LogP contribution in [0.1, 0.15) is 33.4 Å². The number of nitrogens with two attached hydrogens (primary N) is 1. The first-order chi connectivity index (χ1) is 13.9. The van der Waals surface area contributed by atoms with Crippen molar-refractivity contribution in [2.45, 2.75) is 19.1 Å². The van der Waals surface area contributed by atoms with Crippen LogP contribution in [0.25, 0.3) is 0 Å². The number of hydrogen-bond acceptors (Lipinski definition) is 4. The molecule has 3 aromatic carbocycles. The second kappa shape index (κ2) is 7.28. The molecule has 0 spiro atoms. The zero-order valence-corrected chi connectivity index (χ0v) is 17.6. The second-order valence-electron chi connectivity index (χ2n) is 7.02. The molecule has 29 heavy (non-hydrogen) atoms. The molecule has 0 radical (unpaired) electrons. The number of amidine groups is 1. The van der Waals surface area contributed by atoms with E-state index in [0.717, 1.165) is 21.2 Å². The van der Waals surface area contributed by atoms with Gasteiger partial charge in [-0.3, -0.25) is 0 Å². The lowest BCUT2D eigenvalue weighted by molar-refractivity contribution is 0.273. The van der Waals surface area contributed by atoms with Crippen LogP contribution in [0.15, 0.2) is 64.1 Å². The molecule has 0 saturated heterocycles. The Bertz CT molecular complexity index is 1150. The predicted octanol–water partition coefficient (Wildman–Crippen LogP) is 4.41. The Kier molecular flexibility index (Phi) is 4.92. The van der Waals surface area contributed by atoms with Crippen LogP contribution in [0.4, 0.5) is 4.39 Å². The molecule has 3 N–H and O–H groups in total. The zero-order valence-electron chi connectivity index (χ0n) is 16.0. The van der Waals surface area contributed by atoms with Crippen LogP contribution < -0.4 is 10.5 Å². The number of aryl methyl sites for hydroxylation is 1. The summed E-state index contributed by atoms with van der Waals surface area (Å²) < 4.78 is 21.0. The van der Waals surface area contributed by atoms with Gasteiger partial charge >= 0.3 is 0 Å². The van der Waals surface area contributed by atoms with Gasteiger partial charge in [0, 0.05) is 15.6 Å². The molecule has 148 valence electrons. The third-order valence-electron chi connectivity index (χ3n) is 5.33. The predicted molar refractivity (Wildman–Crippen MR) is 115 cm³/mol. The summed E-state index contributed by atoms with van der Waals surface area (Å²) in [6.45, 7) is 1.71. The molecule has 1 heterocycles. The van der Waals surface area contributed by atoms with Gasteiger partial charge in [-0.05, 0) is 53.9 Å². The average Bonchev–Trinajstić information content (AvgIpc) is 3.02. The number of aliphatic hydroxyl groups excluding tert-OH is 1. The highest BCUT2D eigenvalue weighted by Gasteiger charge is 2.44. The lowest BCUT2D eigenvalue weighted by Gasteiger charge is -2.30. The van der Waals surface area contributed by atoms with E-state index < -0.39 is 11.4 Å². The molecular formula is C23H20BrFN2O2. The fourth-order valence-corrected chi connectivity index (χ4v) is 4.57. The van der Waals surface area contributed by atoms with Gasteiger partial charge in [0.1, 0.15) is 22.9 Å². The van der Waals surface area contributed by atoms with E-state index in [1.54, 1.807) is 13.2 Å². The highest BCUT2D eigenvalue weighted by atomic mass is 79.9. The minimum absolute atomic E-state index is 0.150. The van der Waals surface area contributed by atoms with Gasteiger partial charge in [-0.2, -0.15) is 0 Å². The fourth-order valence-electron chi connectivity index (χ4n) is 4.17. The Labute approximate surface area is 177 Å². The van der Waals surface area contributed by atoms with E-state index in [0.29, 0.717) is 22.4 Å². The number of hydrogen-bond donors (Lipinski definition) is 2. The lowest BCUT2D eigenvalue weighted by Crippen LogP contribution is -2.26. The zero-order chi connectivity index (χ0) is 20.8. The third-order valence-corrected chi connectivity index (χ3v) is 5.83. The first-order valence-corrected chi connectivity index (χ1v) is 9.91. The number of nitrogens with zero attached hydrogens (tertiary/aromatic N) is 1. The minimum atomic E-state index is -1.04. The monoisotopic (exact) mass is 454 g/mol. The van der Waals surface area contributed by atoms with Crippen molar-refractivity contribution in [1.29, 1.82) is 0 Å². The quantitative estimate of drug-likeness (QED) is 0.613. The number of ether oxygens (including phenoxy) is 1. The maximum atomic E-state index is 14.7. The molecule has 1 atom stereocenters. The van der Waals surface area contributed by atoms with E-state index in [1.807, 2.05) is 49.4 Å². The highest BCUT2D eigenvalue weighted by Crippen LogP contribution is 2.48. The van der Waals surface area contributed by atoms with Gasteiger partial charge in [0.2, 0.25) is 0 Å². The Hall–Kier alpha value is -2.70. The molecule has 0 saturated carbocycles. The summed E-state index contributed by atoms with van der Waals surface area (Å²) >= 11 is 3.53. The number of benzene rings is 3. The van der Waals surface area contributed by atoms with E-state index in [-0.39, 0.29) is 12.4 Å². The van der Waals surface area contributed by atoms with Crippen molar-refractivity contribution in [3.05, 3.63) is 98.3 Å². The molecule has 0 aromatic heterocycles. The highest BCUT2D eigenvalue weighted by molar-refractivity contribution is 9.10. The van der Waals surface area contributed by atoms with Crippen LogP contribution in [-0.4, -0.2) is 18.1 Å². The van der Waals surface area contributed by atoms with E-state index >= 15 is 0 Å². The molecule has 0 fully saturated rings. The van der Waals surface area contributed by atoms with Gasteiger partial charge in [0.25, 0.3) is 0 Å². The van der Waals surface area contributed by atoms with Gasteiger partial charge in [-0.1, -0.05) is 40.2 Å². The lowest BCUT2D eigenvalue weighted by atomic mass is 9.76. The van der Waals surface area contributed by atoms with Crippen LogP contribution in [-0.2, 0) is 12.1 Å². The molecule has 4 nitrogen and oxygen atoms in total. The third kappa shape index (κ3) is 2.94. The number of methoxy groups -OCH3 is 1. The number of aliphatic imine (C=N–C) groups is 1. The van der Waals surface area contributed by atoms with Crippen molar-refractivity contribution in [2.75, 3.05) is 7.11 Å². The number of fused-ring (bicyclic) bond motifs is 1. The summed E-state index contributed by atoms with van der Waals surface area (Å²) in [4.78, 5) is 4.81. The van der Waals surface area contributed by atoms with Crippen molar-refractivity contribution < 1.29 is 14.2 Å². The molecule has 1 aliphatic rings. The molecule has 1 aliphatic heterocycles. The Morgan fingerprint density at radius 1 is 1.14 bits per heavy atom. The minimum Gasteiger partial charge on any atom is -0.496 e. The van der Waals surface area contributed by atoms with Crippen molar-refractivity contribution >= 4 is 21.8 Å². The maximum absolute atomic E-state index is 14.7. The van der Waals surface area contributed by atoms with E-state index in [9.17, 15) is 9.50 Å². The standard InChI is InChI=1S/C23H20BrFN2O2/c1-13-9-16(10-14(12-28)21(13)29-2)23(15-5-3-6-17(24)11-15)18-7-4-8-19(25)20(18)22(26)27-23/h3-11,28H,12H2,1-2H3,(H2,26,27). The molecule has 0 amide bonds. The summed E-state index contributed by atoms with van der Waals surface area (Å²) in [6, 6.07) is 16.4. The summed E-state index contributed by atoms with van der Waals surface area (Å²) in [5, 5.41) is 9.92. The van der Waals surface area contributed by atoms with Gasteiger partial charge in [-0.15, -0.1) is 0 Å². The normalized spacial score (nSPS) is 17.8. The number of halogens is 2. The molecule has 6 heteroatoms. The summed E-state index contributed by atoms with van der Waals surface area (Å²) in [5.74, 6) is 0.361. The topological polar surface area (TPSA) is 67.8 Å². The fraction of sp³-hybridized carbons (Fsp3) is 0.174. The molecule has 0 aliphatic carbocycles. The SMILES string of the molecule is COc1c(C)cc(C2(c3cccc(Br)c3)N=C(N)c3c(F)cccc32)cc1CO. The van der Waals surface area contributed by atoms with E-state index in [2.05, 4.69) is 15.9 Å². The van der Waals surface area contributed by atoms with Gasteiger partial charge in [0.15, 0.2) is 0 Å². The number of aliphatic hydroxyl groups is 1. The second-order valence-corrected chi connectivity index (χ2v) is 7.94. The van der Waals surface area contributed by atoms with Crippen LogP contribution in [0, 0.1) is 12.7 Å². The van der Waals surface area contributed by atoms with Crippen LogP contribution in [0.2, 0.25) is 0 Å². The number of rotatable bonds is 4. The Morgan fingerprint density at radius 3 is 2.59 bits per heavy atom. The molecule has 1 unspecified atom stereocenters. The van der Waals surface area contributed by atoms with Crippen molar-refractivity contribution in [3.8, 4) is 5.75 Å². The Morgan fingerprint density at radius 2 is 1.90 bits per heavy atom. The first kappa shape index (κ1) is 19.6. The average molecular weight is 455 g/mol.